The van der Waals surface area contributed by atoms with E-state index in [4.69, 9.17) is 0 Å². The quantitative estimate of drug-likeness (QED) is 0.313. The van der Waals surface area contributed by atoms with Crippen molar-refractivity contribution >= 4 is 72.7 Å². The molecule has 0 N–H and O–H groups in total. The molecule has 0 saturated carbocycles. The van der Waals surface area contributed by atoms with Crippen LogP contribution in [0.2, 0.25) is 0 Å². The smallest absolute Gasteiger partial charge is 0.229 e. The van der Waals surface area contributed by atoms with Crippen LogP contribution >= 0.6 is 51.4 Å². The van der Waals surface area contributed by atoms with Crippen LogP contribution in [-0.2, 0) is 4.79 Å². The molecule has 30 heavy (non-hydrogen) atoms. The Morgan fingerprint density at radius 1 is 1.17 bits per heavy atom. The predicted molar refractivity (Wildman–Crippen MR) is 132 cm³/mol. The van der Waals surface area contributed by atoms with Crippen molar-refractivity contribution in [2.24, 2.45) is 0 Å². The SMILES string of the molecule is CN(C)CCCN(C(=O)CCSc1ccc(F)cc1)c1nc2ccc(Br)cc2s1.Cl. The van der Waals surface area contributed by atoms with Gasteiger partial charge in [0.15, 0.2) is 5.13 Å². The van der Waals surface area contributed by atoms with Crippen molar-refractivity contribution in [3.8, 4) is 0 Å². The first-order valence-corrected chi connectivity index (χ1v) is 11.9. The van der Waals surface area contributed by atoms with Crippen LogP contribution in [0.3, 0.4) is 0 Å². The average Bonchev–Trinajstić information content (AvgIpc) is 3.09. The maximum Gasteiger partial charge on any atom is 0.229 e. The highest BCUT2D eigenvalue weighted by Gasteiger charge is 2.19. The van der Waals surface area contributed by atoms with E-state index in [1.165, 1.54) is 12.1 Å². The van der Waals surface area contributed by atoms with Crippen molar-refractivity contribution in [2.75, 3.05) is 37.8 Å². The van der Waals surface area contributed by atoms with Gasteiger partial charge in [-0.25, -0.2) is 9.37 Å². The minimum Gasteiger partial charge on any atom is -0.309 e. The summed E-state index contributed by atoms with van der Waals surface area (Å²) in [6.07, 6.45) is 1.28. The van der Waals surface area contributed by atoms with Crippen LogP contribution in [0, 0.1) is 5.82 Å². The third-order valence-electron chi connectivity index (χ3n) is 4.26. The molecule has 0 aliphatic carbocycles. The van der Waals surface area contributed by atoms with Crippen molar-refractivity contribution in [1.29, 1.82) is 0 Å². The number of thioether (sulfide) groups is 1. The van der Waals surface area contributed by atoms with Gasteiger partial charge in [-0.2, -0.15) is 0 Å². The van der Waals surface area contributed by atoms with Crippen LogP contribution in [0.1, 0.15) is 12.8 Å². The van der Waals surface area contributed by atoms with E-state index in [0.717, 1.165) is 37.7 Å². The van der Waals surface area contributed by atoms with Gasteiger partial charge in [0.1, 0.15) is 5.82 Å². The number of fused-ring (bicyclic) bond motifs is 1. The summed E-state index contributed by atoms with van der Waals surface area (Å²) in [7, 11) is 4.06. The molecule has 1 heterocycles. The molecule has 2 aromatic carbocycles. The lowest BCUT2D eigenvalue weighted by atomic mass is 10.3. The van der Waals surface area contributed by atoms with Crippen LogP contribution in [0.25, 0.3) is 10.2 Å². The van der Waals surface area contributed by atoms with E-state index in [2.05, 4.69) is 25.8 Å². The number of carbonyl (C=O) groups excluding carboxylic acids is 1. The van der Waals surface area contributed by atoms with E-state index < -0.39 is 0 Å². The third-order valence-corrected chi connectivity index (χ3v) is 6.80. The van der Waals surface area contributed by atoms with E-state index in [1.807, 2.05) is 37.2 Å². The zero-order valence-corrected chi connectivity index (χ0v) is 20.8. The van der Waals surface area contributed by atoms with Crippen molar-refractivity contribution in [2.45, 2.75) is 17.7 Å². The number of rotatable bonds is 9. The second kappa shape index (κ2) is 12.0. The number of hydrogen-bond acceptors (Lipinski definition) is 5. The molecule has 0 aliphatic rings. The minimum absolute atomic E-state index is 0. The lowest BCUT2D eigenvalue weighted by Gasteiger charge is -2.21. The fourth-order valence-electron chi connectivity index (χ4n) is 2.80. The first-order chi connectivity index (χ1) is 13.9. The number of nitrogens with zero attached hydrogens (tertiary/aromatic N) is 3. The molecule has 0 aliphatic heterocycles. The van der Waals surface area contributed by atoms with E-state index in [0.29, 0.717) is 18.7 Å². The molecule has 4 nitrogen and oxygen atoms in total. The fourth-order valence-corrected chi connectivity index (χ4v) is 5.20. The van der Waals surface area contributed by atoms with Crippen LogP contribution in [-0.4, -0.2) is 48.7 Å². The molecule has 0 atom stereocenters. The standard InChI is InChI=1S/C21H23BrFN3OS2.ClH/c1-25(2)11-3-12-26(21-24-18-9-4-15(22)14-19(18)29-21)20(27)10-13-28-17-7-5-16(23)6-8-17;/h4-9,14H,3,10-13H2,1-2H3;1H. The summed E-state index contributed by atoms with van der Waals surface area (Å²) in [5.41, 5.74) is 0.902. The van der Waals surface area contributed by atoms with E-state index in [1.54, 1.807) is 35.2 Å². The highest BCUT2D eigenvalue weighted by molar-refractivity contribution is 9.10. The van der Waals surface area contributed by atoms with Crippen molar-refractivity contribution in [3.05, 3.63) is 52.8 Å². The Hall–Kier alpha value is -1.19. The second-order valence-electron chi connectivity index (χ2n) is 6.86. The number of amides is 1. The number of carbonyl (C=O) groups is 1. The van der Waals surface area contributed by atoms with Gasteiger partial charge >= 0.3 is 0 Å². The van der Waals surface area contributed by atoms with E-state index >= 15 is 0 Å². The Labute approximate surface area is 199 Å². The van der Waals surface area contributed by atoms with Crippen LogP contribution in [0.4, 0.5) is 9.52 Å². The largest absolute Gasteiger partial charge is 0.309 e. The van der Waals surface area contributed by atoms with Crippen LogP contribution in [0.5, 0.6) is 0 Å². The lowest BCUT2D eigenvalue weighted by Crippen LogP contribution is -2.33. The van der Waals surface area contributed by atoms with Crippen molar-refractivity contribution < 1.29 is 9.18 Å². The van der Waals surface area contributed by atoms with Crippen molar-refractivity contribution in [3.63, 3.8) is 0 Å². The Morgan fingerprint density at radius 3 is 2.60 bits per heavy atom. The third kappa shape index (κ3) is 7.20. The summed E-state index contributed by atoms with van der Waals surface area (Å²) in [5, 5.41) is 0.744. The molecule has 162 valence electrons. The summed E-state index contributed by atoms with van der Waals surface area (Å²) in [6.45, 7) is 1.55. The Bertz CT molecular complexity index is 969. The van der Waals surface area contributed by atoms with Gasteiger partial charge in [-0.15, -0.1) is 24.2 Å². The molecule has 9 heteroatoms. The summed E-state index contributed by atoms with van der Waals surface area (Å²) in [4.78, 5) is 22.6. The van der Waals surface area contributed by atoms with Gasteiger partial charge in [0.2, 0.25) is 5.91 Å². The number of thiazole rings is 1. The molecular formula is C21H24BrClFN3OS2. The number of anilines is 1. The number of hydrogen-bond donors (Lipinski definition) is 0. The van der Waals surface area contributed by atoms with Gasteiger partial charge in [-0.3, -0.25) is 9.69 Å². The van der Waals surface area contributed by atoms with Crippen molar-refractivity contribution in [1.82, 2.24) is 9.88 Å². The number of halogens is 3. The monoisotopic (exact) mass is 531 g/mol. The normalized spacial score (nSPS) is 11.0. The topological polar surface area (TPSA) is 36.4 Å². The molecular weight excluding hydrogens is 509 g/mol. The summed E-state index contributed by atoms with van der Waals surface area (Å²) < 4.78 is 15.1. The number of benzene rings is 2. The molecule has 0 bridgehead atoms. The fraction of sp³-hybridized carbons (Fsp3) is 0.333. The highest BCUT2D eigenvalue weighted by atomic mass is 79.9. The Balaban J connectivity index is 0.00000320. The molecule has 3 aromatic rings. The summed E-state index contributed by atoms with van der Waals surface area (Å²) in [6, 6.07) is 12.3. The molecule has 1 amide bonds. The first kappa shape index (κ1) is 25.1. The molecule has 3 rings (SSSR count). The molecule has 0 spiro atoms. The molecule has 1 aromatic heterocycles. The second-order valence-corrected chi connectivity index (χ2v) is 9.96. The lowest BCUT2D eigenvalue weighted by molar-refractivity contribution is -0.118. The summed E-state index contributed by atoms with van der Waals surface area (Å²) in [5.74, 6) is 0.460. The molecule has 0 unspecified atom stereocenters. The average molecular weight is 533 g/mol. The van der Waals surface area contributed by atoms with Gasteiger partial charge < -0.3 is 4.90 Å². The van der Waals surface area contributed by atoms with Crippen LogP contribution < -0.4 is 4.90 Å². The molecule has 0 fully saturated rings. The Morgan fingerprint density at radius 2 is 1.90 bits per heavy atom. The minimum atomic E-state index is -0.250. The maximum atomic E-state index is 13.0. The van der Waals surface area contributed by atoms with Gasteiger partial charge in [0, 0.05) is 28.1 Å². The zero-order valence-electron chi connectivity index (χ0n) is 16.8. The van der Waals surface area contributed by atoms with Gasteiger partial charge in [0.25, 0.3) is 0 Å². The highest BCUT2D eigenvalue weighted by Crippen LogP contribution is 2.31. The zero-order chi connectivity index (χ0) is 20.8. The summed E-state index contributed by atoms with van der Waals surface area (Å²) >= 11 is 6.59. The number of aromatic nitrogens is 1. The van der Waals surface area contributed by atoms with Gasteiger partial charge in [-0.05, 0) is 69.5 Å². The van der Waals surface area contributed by atoms with Crippen LogP contribution in [0.15, 0.2) is 51.8 Å². The first-order valence-electron chi connectivity index (χ1n) is 9.32. The molecule has 0 radical (unpaired) electrons. The predicted octanol–water partition coefficient (Wildman–Crippen LogP) is 6.09. The maximum absolute atomic E-state index is 13.0. The van der Waals surface area contributed by atoms with Gasteiger partial charge in [-0.1, -0.05) is 27.3 Å². The van der Waals surface area contributed by atoms with E-state index in [9.17, 15) is 9.18 Å². The van der Waals surface area contributed by atoms with E-state index in [-0.39, 0.29) is 24.1 Å². The van der Waals surface area contributed by atoms with Gasteiger partial charge in [0.05, 0.1) is 10.2 Å². The Kier molecular flexibility index (Phi) is 10.0. The molecule has 0 saturated heterocycles.